The molecule has 3 rings (SSSR count). The Kier molecular flexibility index (Phi) is 5.24. The molecule has 1 saturated heterocycles. The summed E-state index contributed by atoms with van der Waals surface area (Å²) in [4.78, 5) is 25.9. The van der Waals surface area contributed by atoms with Crippen LogP contribution in [0, 0.1) is 6.92 Å². The number of hydrazine groups is 1. The van der Waals surface area contributed by atoms with Gasteiger partial charge < -0.3 is 9.47 Å². The minimum absolute atomic E-state index is 0.0560. The maximum absolute atomic E-state index is 12.1. The normalized spacial score (nSPS) is 16.4. The highest BCUT2D eigenvalue weighted by Crippen LogP contribution is 2.16. The zero-order valence-electron chi connectivity index (χ0n) is 13.7. The average molecular weight is 345 g/mol. The van der Waals surface area contributed by atoms with Gasteiger partial charge in [-0.2, -0.15) is 0 Å². The molecule has 9 nitrogen and oxygen atoms in total. The van der Waals surface area contributed by atoms with E-state index in [0.717, 1.165) is 19.4 Å². The summed E-state index contributed by atoms with van der Waals surface area (Å²) in [7, 11) is 0. The number of aryl methyl sites for hydroxylation is 1. The van der Waals surface area contributed by atoms with Gasteiger partial charge in [-0.05, 0) is 44.0 Å². The van der Waals surface area contributed by atoms with E-state index in [-0.39, 0.29) is 29.2 Å². The van der Waals surface area contributed by atoms with Crippen LogP contribution in [0.1, 0.15) is 28.9 Å². The van der Waals surface area contributed by atoms with E-state index in [1.54, 1.807) is 24.3 Å². The Morgan fingerprint density at radius 3 is 2.84 bits per heavy atom. The van der Waals surface area contributed by atoms with E-state index in [2.05, 4.69) is 26.0 Å². The number of rotatable bonds is 6. The zero-order chi connectivity index (χ0) is 17.6. The van der Waals surface area contributed by atoms with Gasteiger partial charge >= 0.3 is 0 Å². The van der Waals surface area contributed by atoms with Gasteiger partial charge in [-0.3, -0.25) is 25.4 Å². The molecule has 0 unspecified atom stereocenters. The van der Waals surface area contributed by atoms with Crippen LogP contribution >= 0.6 is 0 Å². The molecular formula is C16H19N5O4. The highest BCUT2D eigenvalue weighted by Gasteiger charge is 2.16. The summed E-state index contributed by atoms with van der Waals surface area (Å²) in [5, 5.41) is 7.38. The maximum atomic E-state index is 12.1. The van der Waals surface area contributed by atoms with Crippen molar-refractivity contribution in [3.05, 3.63) is 45.9 Å². The Labute approximate surface area is 143 Å². The molecule has 1 aliphatic heterocycles. The summed E-state index contributed by atoms with van der Waals surface area (Å²) in [6.07, 6.45) is 2.22. The number of nitrogens with one attached hydrogen (secondary N) is 3. The lowest BCUT2D eigenvalue weighted by Gasteiger charge is -2.12. The molecule has 1 aromatic heterocycles. The fraction of sp³-hybridized carbons (Fsp3) is 0.375. The Hall–Kier alpha value is -2.94. The summed E-state index contributed by atoms with van der Waals surface area (Å²) in [6.45, 7) is 2.83. The summed E-state index contributed by atoms with van der Waals surface area (Å²) in [5.41, 5.74) is 5.25. The van der Waals surface area contributed by atoms with Crippen molar-refractivity contribution in [3.63, 3.8) is 0 Å². The minimum Gasteiger partial charge on any atom is -0.491 e. The molecule has 2 aromatic rings. The summed E-state index contributed by atoms with van der Waals surface area (Å²) in [5.74, 6) is 0.350. The molecule has 1 amide bonds. The van der Waals surface area contributed by atoms with Crippen LogP contribution in [0.3, 0.4) is 0 Å². The first-order valence-electron chi connectivity index (χ1n) is 7.96. The number of hydrogen-bond donors (Lipinski definition) is 3. The number of benzene rings is 1. The number of carbonyl (C=O) groups excluding carboxylic acids is 1. The van der Waals surface area contributed by atoms with Crippen LogP contribution < -0.4 is 21.1 Å². The van der Waals surface area contributed by atoms with Crippen LogP contribution in [0.4, 0.5) is 5.95 Å². The highest BCUT2D eigenvalue weighted by molar-refractivity contribution is 5.94. The number of anilines is 1. The molecule has 0 saturated carbocycles. The smallest absolute Gasteiger partial charge is 0.274 e. The van der Waals surface area contributed by atoms with Gasteiger partial charge in [0.15, 0.2) is 0 Å². The van der Waals surface area contributed by atoms with Gasteiger partial charge in [0.1, 0.15) is 18.1 Å². The standard InChI is InChI=1S/C16H19N5O4/c1-10-14(22)17-16(20-18-10)21-19-15(23)11-4-6-12(7-5-11)25-9-13-3-2-8-24-13/h4-7,13H,2-3,8-9H2,1H3,(H,19,23)(H2,17,20,21,22)/t13-/m0/s1. The second-order valence-electron chi connectivity index (χ2n) is 5.64. The van der Waals surface area contributed by atoms with Crippen LogP contribution in [0.2, 0.25) is 0 Å². The number of amides is 1. The molecule has 3 N–H and O–H groups in total. The second-order valence-corrected chi connectivity index (χ2v) is 5.64. The predicted molar refractivity (Wildman–Crippen MR) is 89.4 cm³/mol. The van der Waals surface area contributed by atoms with Gasteiger partial charge in [0.25, 0.3) is 11.5 Å². The number of aromatic nitrogens is 3. The second kappa shape index (κ2) is 7.75. The van der Waals surface area contributed by atoms with Crippen LogP contribution in [-0.2, 0) is 4.74 Å². The largest absolute Gasteiger partial charge is 0.491 e. The first-order valence-corrected chi connectivity index (χ1v) is 7.96. The Bertz CT molecular complexity index is 784. The van der Waals surface area contributed by atoms with Crippen molar-refractivity contribution in [1.82, 2.24) is 20.6 Å². The first-order chi connectivity index (χ1) is 12.1. The minimum atomic E-state index is -0.381. The van der Waals surface area contributed by atoms with E-state index < -0.39 is 0 Å². The Morgan fingerprint density at radius 2 is 2.16 bits per heavy atom. The highest BCUT2D eigenvalue weighted by atomic mass is 16.5. The molecule has 2 heterocycles. The third-order valence-corrected chi connectivity index (χ3v) is 3.73. The number of H-pyrrole nitrogens is 1. The number of carbonyl (C=O) groups is 1. The van der Waals surface area contributed by atoms with E-state index in [1.165, 1.54) is 6.92 Å². The van der Waals surface area contributed by atoms with Gasteiger partial charge in [0.05, 0.1) is 6.10 Å². The molecule has 1 aromatic carbocycles. The lowest BCUT2D eigenvalue weighted by atomic mass is 10.2. The summed E-state index contributed by atoms with van der Waals surface area (Å²) < 4.78 is 11.1. The van der Waals surface area contributed by atoms with Crippen LogP contribution in [-0.4, -0.2) is 40.4 Å². The topological polar surface area (TPSA) is 118 Å². The van der Waals surface area contributed by atoms with Crippen molar-refractivity contribution >= 4 is 11.9 Å². The molecule has 1 aliphatic rings. The van der Waals surface area contributed by atoms with Gasteiger partial charge in [-0.25, -0.2) is 0 Å². The molecule has 0 aliphatic carbocycles. The first kappa shape index (κ1) is 16.9. The van der Waals surface area contributed by atoms with Crippen molar-refractivity contribution in [2.75, 3.05) is 18.6 Å². The molecular weight excluding hydrogens is 326 g/mol. The van der Waals surface area contributed by atoms with Crippen molar-refractivity contribution < 1.29 is 14.3 Å². The zero-order valence-corrected chi connectivity index (χ0v) is 13.7. The van der Waals surface area contributed by atoms with Crippen molar-refractivity contribution in [3.8, 4) is 5.75 Å². The number of aromatic amines is 1. The Morgan fingerprint density at radius 1 is 1.36 bits per heavy atom. The predicted octanol–water partition coefficient (Wildman–Crippen LogP) is 0.788. The molecule has 25 heavy (non-hydrogen) atoms. The van der Waals surface area contributed by atoms with Crippen molar-refractivity contribution in [1.29, 1.82) is 0 Å². The van der Waals surface area contributed by atoms with Crippen molar-refractivity contribution in [2.45, 2.75) is 25.9 Å². The molecule has 1 fully saturated rings. The van der Waals surface area contributed by atoms with E-state index in [0.29, 0.717) is 17.9 Å². The fourth-order valence-corrected chi connectivity index (χ4v) is 2.31. The van der Waals surface area contributed by atoms with Gasteiger partial charge in [-0.1, -0.05) is 0 Å². The van der Waals surface area contributed by atoms with E-state index >= 15 is 0 Å². The molecule has 1 atom stereocenters. The molecule has 0 bridgehead atoms. The number of hydrogen-bond acceptors (Lipinski definition) is 7. The lowest BCUT2D eigenvalue weighted by Crippen LogP contribution is -2.31. The summed E-state index contributed by atoms with van der Waals surface area (Å²) in [6, 6.07) is 6.73. The van der Waals surface area contributed by atoms with Gasteiger partial charge in [-0.15, -0.1) is 10.2 Å². The third-order valence-electron chi connectivity index (χ3n) is 3.73. The number of ether oxygens (including phenoxy) is 2. The molecule has 132 valence electrons. The van der Waals surface area contributed by atoms with E-state index in [9.17, 15) is 9.59 Å². The van der Waals surface area contributed by atoms with E-state index in [1.807, 2.05) is 0 Å². The lowest BCUT2D eigenvalue weighted by molar-refractivity contribution is 0.0679. The SMILES string of the molecule is Cc1nnc(NNC(=O)c2ccc(OC[C@@H]3CCCO3)cc2)[nH]c1=O. The van der Waals surface area contributed by atoms with E-state index in [4.69, 9.17) is 9.47 Å². The Balaban J connectivity index is 1.51. The molecule has 0 radical (unpaired) electrons. The molecule has 0 spiro atoms. The van der Waals surface area contributed by atoms with Gasteiger partial charge in [0.2, 0.25) is 5.95 Å². The average Bonchev–Trinajstić information content (AvgIpc) is 3.15. The van der Waals surface area contributed by atoms with Gasteiger partial charge in [0, 0.05) is 12.2 Å². The number of nitrogens with zero attached hydrogens (tertiary/aromatic N) is 2. The third kappa shape index (κ3) is 4.54. The summed E-state index contributed by atoms with van der Waals surface area (Å²) >= 11 is 0. The van der Waals surface area contributed by atoms with Crippen LogP contribution in [0.15, 0.2) is 29.1 Å². The van der Waals surface area contributed by atoms with Crippen LogP contribution in [0.5, 0.6) is 5.75 Å². The quantitative estimate of drug-likeness (QED) is 0.662. The monoisotopic (exact) mass is 345 g/mol. The van der Waals surface area contributed by atoms with Crippen molar-refractivity contribution in [2.24, 2.45) is 0 Å². The fourth-order valence-electron chi connectivity index (χ4n) is 2.31. The molecule has 9 heteroatoms. The maximum Gasteiger partial charge on any atom is 0.274 e. The van der Waals surface area contributed by atoms with Crippen LogP contribution in [0.25, 0.3) is 0 Å².